The average Bonchev–Trinajstić information content (AvgIpc) is 2.31. The van der Waals surface area contributed by atoms with Gasteiger partial charge in [0.1, 0.15) is 11.2 Å². The van der Waals surface area contributed by atoms with Gasteiger partial charge in [0.25, 0.3) is 0 Å². The molecule has 3 heteroatoms. The Morgan fingerprint density at radius 1 is 1.31 bits per heavy atom. The molecule has 0 amide bonds. The number of halogens is 1. The average molecular weight is 232 g/mol. The fraction of sp³-hybridized carbons (Fsp3) is 0.0769. The van der Waals surface area contributed by atoms with Gasteiger partial charge in [0.15, 0.2) is 12.7 Å². The van der Waals surface area contributed by atoms with Crippen molar-refractivity contribution in [3.8, 4) is 0 Å². The molecule has 0 unspecified atom stereocenters. The largest absolute Gasteiger partial charge is 0.252 e. The molecular weight excluding hydrogens is 220 g/mol. The van der Waals surface area contributed by atoms with Crippen LogP contribution in [0.2, 0.25) is 0 Å². The first-order valence-corrected chi connectivity index (χ1v) is 5.37. The third kappa shape index (κ3) is 2.47. The minimum absolute atomic E-state index is 0.504. The van der Waals surface area contributed by atoms with Crippen molar-refractivity contribution < 1.29 is 4.57 Å². The van der Waals surface area contributed by atoms with Crippen LogP contribution in [-0.4, -0.2) is 4.98 Å². The molecule has 0 spiro atoms. The van der Waals surface area contributed by atoms with Crippen molar-refractivity contribution in [2.75, 3.05) is 0 Å². The summed E-state index contributed by atoms with van der Waals surface area (Å²) in [6.07, 6.45) is 5.36. The summed E-state index contributed by atoms with van der Waals surface area (Å²) in [4.78, 5) is 4.04. The van der Waals surface area contributed by atoms with Gasteiger partial charge in [-0.25, -0.2) is 0 Å². The fourth-order valence-electron chi connectivity index (χ4n) is 1.53. The Balaban J connectivity index is 2.31. The summed E-state index contributed by atoms with van der Waals surface area (Å²) in [5, 5.41) is 0.504. The maximum absolute atomic E-state index is 5.92. The highest BCUT2D eigenvalue weighted by atomic mass is 35.5. The predicted octanol–water partition coefficient (Wildman–Crippen LogP) is 2.63. The summed E-state index contributed by atoms with van der Waals surface area (Å²) in [7, 11) is 0. The normalized spacial score (nSPS) is 10.1. The molecule has 2 aromatic rings. The lowest BCUT2D eigenvalue weighted by Gasteiger charge is -2.01. The van der Waals surface area contributed by atoms with Crippen LogP contribution in [0.15, 0.2) is 55.5 Å². The minimum Gasteiger partial charge on any atom is -0.252 e. The highest BCUT2D eigenvalue weighted by Crippen LogP contribution is 2.10. The molecule has 80 valence electrons. The van der Waals surface area contributed by atoms with E-state index in [2.05, 4.69) is 23.7 Å². The Morgan fingerprint density at radius 2 is 2.06 bits per heavy atom. The van der Waals surface area contributed by atoms with Crippen molar-refractivity contribution in [3.05, 3.63) is 66.8 Å². The molecule has 1 aromatic carbocycles. The first-order valence-electron chi connectivity index (χ1n) is 4.99. The van der Waals surface area contributed by atoms with Crippen LogP contribution in [0.1, 0.15) is 11.3 Å². The monoisotopic (exact) mass is 231 g/mol. The number of hydrogen-bond acceptors (Lipinski definition) is 1. The fourth-order valence-corrected chi connectivity index (χ4v) is 1.69. The van der Waals surface area contributed by atoms with E-state index in [4.69, 9.17) is 11.6 Å². The molecule has 0 saturated heterocycles. The second kappa shape index (κ2) is 4.90. The van der Waals surface area contributed by atoms with Crippen LogP contribution >= 0.6 is 11.6 Å². The third-order valence-electron chi connectivity index (χ3n) is 2.31. The molecule has 0 aliphatic carbocycles. The predicted molar refractivity (Wildman–Crippen MR) is 64.9 cm³/mol. The van der Waals surface area contributed by atoms with Gasteiger partial charge >= 0.3 is 0 Å². The Morgan fingerprint density at radius 3 is 2.75 bits per heavy atom. The second-order valence-electron chi connectivity index (χ2n) is 3.48. The van der Waals surface area contributed by atoms with Crippen LogP contribution in [0, 0.1) is 0 Å². The Labute approximate surface area is 99.8 Å². The Bertz CT molecular complexity index is 494. The molecular formula is C13H12ClN2+. The van der Waals surface area contributed by atoms with Gasteiger partial charge in [-0.2, -0.15) is 4.57 Å². The van der Waals surface area contributed by atoms with Crippen LogP contribution in [-0.2, 0) is 6.54 Å². The van der Waals surface area contributed by atoms with E-state index in [1.165, 1.54) is 5.56 Å². The van der Waals surface area contributed by atoms with E-state index in [1.54, 1.807) is 12.4 Å². The zero-order chi connectivity index (χ0) is 11.4. The van der Waals surface area contributed by atoms with Crippen molar-refractivity contribution >= 4 is 16.6 Å². The van der Waals surface area contributed by atoms with Gasteiger partial charge in [-0.15, -0.1) is 0 Å². The summed E-state index contributed by atoms with van der Waals surface area (Å²) < 4.78 is 2.03. The molecule has 0 aliphatic heterocycles. The summed E-state index contributed by atoms with van der Waals surface area (Å²) >= 11 is 5.92. The van der Waals surface area contributed by atoms with Crippen molar-refractivity contribution in [2.24, 2.45) is 0 Å². The quantitative estimate of drug-likeness (QED) is 0.743. The highest BCUT2D eigenvalue weighted by Gasteiger charge is 2.12. The molecule has 0 bridgehead atoms. The number of hydrogen-bond donors (Lipinski definition) is 0. The molecule has 2 rings (SSSR count). The van der Waals surface area contributed by atoms with Crippen LogP contribution in [0.25, 0.3) is 5.03 Å². The maximum atomic E-state index is 5.92. The standard InChI is InChI=1S/C13H12ClN2/c1-11(14)13-9-15-7-8-16(13)10-12-5-3-2-4-6-12/h2-9H,1,10H2/q+1. The van der Waals surface area contributed by atoms with E-state index >= 15 is 0 Å². The first kappa shape index (κ1) is 10.8. The van der Waals surface area contributed by atoms with Crippen LogP contribution < -0.4 is 4.57 Å². The Hall–Kier alpha value is -1.67. The number of rotatable bonds is 3. The van der Waals surface area contributed by atoms with E-state index in [1.807, 2.05) is 29.0 Å². The van der Waals surface area contributed by atoms with Crippen LogP contribution in [0.4, 0.5) is 0 Å². The van der Waals surface area contributed by atoms with Gasteiger partial charge in [0.05, 0.1) is 6.20 Å². The van der Waals surface area contributed by atoms with Gasteiger partial charge in [-0.1, -0.05) is 48.5 Å². The zero-order valence-electron chi connectivity index (χ0n) is 8.81. The molecule has 16 heavy (non-hydrogen) atoms. The van der Waals surface area contributed by atoms with Crippen molar-refractivity contribution in [1.29, 1.82) is 0 Å². The molecule has 2 nitrogen and oxygen atoms in total. The summed E-state index contributed by atoms with van der Waals surface area (Å²) in [5.41, 5.74) is 2.06. The highest BCUT2D eigenvalue weighted by molar-refractivity contribution is 6.47. The van der Waals surface area contributed by atoms with Crippen LogP contribution in [0.3, 0.4) is 0 Å². The zero-order valence-corrected chi connectivity index (χ0v) is 9.56. The van der Waals surface area contributed by atoms with Crippen LogP contribution in [0.5, 0.6) is 0 Å². The molecule has 1 heterocycles. The van der Waals surface area contributed by atoms with Crippen molar-refractivity contribution in [3.63, 3.8) is 0 Å². The van der Waals surface area contributed by atoms with Crippen molar-refractivity contribution in [1.82, 2.24) is 4.98 Å². The number of nitrogens with zero attached hydrogens (tertiary/aromatic N) is 2. The lowest BCUT2D eigenvalue weighted by molar-refractivity contribution is -0.690. The Kier molecular flexibility index (Phi) is 3.32. The summed E-state index contributed by atoms with van der Waals surface area (Å²) in [6, 6.07) is 10.2. The number of aromatic nitrogens is 2. The van der Waals surface area contributed by atoms with E-state index in [0.29, 0.717) is 5.03 Å². The summed E-state index contributed by atoms with van der Waals surface area (Å²) in [5.74, 6) is 0. The maximum Gasteiger partial charge on any atom is 0.242 e. The molecule has 0 N–H and O–H groups in total. The van der Waals surface area contributed by atoms with Gasteiger partial charge in [-0.05, 0) is 0 Å². The molecule has 0 saturated carbocycles. The SMILES string of the molecule is C=C(Cl)c1cncc[n+]1Cc1ccccc1. The molecule has 0 fully saturated rings. The van der Waals surface area contributed by atoms with Gasteiger partial charge < -0.3 is 0 Å². The minimum atomic E-state index is 0.504. The lowest BCUT2D eigenvalue weighted by Crippen LogP contribution is -2.37. The van der Waals surface area contributed by atoms with E-state index in [9.17, 15) is 0 Å². The molecule has 0 aliphatic rings. The van der Waals surface area contributed by atoms with E-state index < -0.39 is 0 Å². The van der Waals surface area contributed by atoms with Gasteiger partial charge in [0, 0.05) is 5.56 Å². The summed E-state index contributed by atoms with van der Waals surface area (Å²) in [6.45, 7) is 4.50. The van der Waals surface area contributed by atoms with E-state index in [-0.39, 0.29) is 0 Å². The van der Waals surface area contributed by atoms with Gasteiger partial charge in [-0.3, -0.25) is 4.98 Å². The lowest BCUT2D eigenvalue weighted by atomic mass is 10.2. The second-order valence-corrected chi connectivity index (χ2v) is 3.94. The van der Waals surface area contributed by atoms with Crippen molar-refractivity contribution in [2.45, 2.75) is 6.54 Å². The van der Waals surface area contributed by atoms with Gasteiger partial charge in [0.2, 0.25) is 5.69 Å². The van der Waals surface area contributed by atoms with E-state index in [0.717, 1.165) is 12.2 Å². The first-order chi connectivity index (χ1) is 7.77. The third-order valence-corrected chi connectivity index (χ3v) is 2.51. The number of benzene rings is 1. The molecule has 0 atom stereocenters. The topological polar surface area (TPSA) is 16.8 Å². The molecule has 0 radical (unpaired) electrons. The molecule has 1 aromatic heterocycles. The smallest absolute Gasteiger partial charge is 0.242 e.